The molecule has 0 saturated heterocycles. The summed E-state index contributed by atoms with van der Waals surface area (Å²) in [5, 5.41) is 0. The molecule has 0 amide bonds. The van der Waals surface area contributed by atoms with Gasteiger partial charge in [-0.15, -0.1) is 0 Å². The molecule has 1 aromatic carbocycles. The lowest BCUT2D eigenvalue weighted by molar-refractivity contribution is -0.155. The first-order valence-electron chi connectivity index (χ1n) is 7.20. The molecule has 0 N–H and O–H groups in total. The van der Waals surface area contributed by atoms with Gasteiger partial charge in [-0.05, 0) is 37.7 Å². The van der Waals surface area contributed by atoms with Crippen LogP contribution >= 0.6 is 0 Å². The van der Waals surface area contributed by atoms with E-state index in [-0.39, 0.29) is 11.4 Å². The highest BCUT2D eigenvalue weighted by Crippen LogP contribution is 2.37. The first kappa shape index (κ1) is 15.7. The van der Waals surface area contributed by atoms with Gasteiger partial charge in [0.1, 0.15) is 0 Å². The molecular formula is C17H26O2. The smallest absolute Gasteiger partial charge is 0.311 e. The summed E-state index contributed by atoms with van der Waals surface area (Å²) in [4.78, 5) is 12.1. The first-order chi connectivity index (χ1) is 9.08. The van der Waals surface area contributed by atoms with E-state index in [9.17, 15) is 4.79 Å². The van der Waals surface area contributed by atoms with Gasteiger partial charge in [0.05, 0.1) is 12.5 Å². The molecule has 0 spiro atoms. The Kier molecular flexibility index (Phi) is 6.07. The second kappa shape index (κ2) is 7.32. The van der Waals surface area contributed by atoms with E-state index in [4.69, 9.17) is 4.74 Å². The highest BCUT2D eigenvalue weighted by atomic mass is 16.5. The van der Waals surface area contributed by atoms with Crippen molar-refractivity contribution in [3.8, 4) is 0 Å². The lowest BCUT2D eigenvalue weighted by Crippen LogP contribution is -2.37. The third kappa shape index (κ3) is 3.82. The van der Waals surface area contributed by atoms with Crippen LogP contribution in [0.1, 0.15) is 45.6 Å². The summed E-state index contributed by atoms with van der Waals surface area (Å²) in [5.74, 6) is 0.252. The van der Waals surface area contributed by atoms with Crippen LogP contribution in [0.5, 0.6) is 0 Å². The van der Waals surface area contributed by atoms with Crippen LogP contribution < -0.4 is 0 Å². The number of carbonyl (C=O) groups is 1. The minimum Gasteiger partial charge on any atom is -0.469 e. The second-order valence-electron chi connectivity index (χ2n) is 5.44. The summed E-state index contributed by atoms with van der Waals surface area (Å²) in [6.07, 6.45) is 3.89. The Hall–Kier alpha value is -1.31. The third-order valence-electron chi connectivity index (χ3n) is 4.25. The largest absolute Gasteiger partial charge is 0.469 e. The monoisotopic (exact) mass is 262 g/mol. The summed E-state index contributed by atoms with van der Waals surface area (Å²) in [6.45, 7) is 6.29. The SMILES string of the molecule is CCCC(Cc1ccccc1)C(C)(CC)C(=O)OC. The van der Waals surface area contributed by atoms with E-state index >= 15 is 0 Å². The molecule has 0 aromatic heterocycles. The van der Waals surface area contributed by atoms with E-state index in [0.717, 1.165) is 25.7 Å². The van der Waals surface area contributed by atoms with E-state index < -0.39 is 0 Å². The molecule has 1 aromatic rings. The van der Waals surface area contributed by atoms with Crippen LogP contribution in [0.4, 0.5) is 0 Å². The molecule has 2 atom stereocenters. The lowest BCUT2D eigenvalue weighted by atomic mass is 9.70. The standard InChI is InChI=1S/C17H26O2/c1-5-10-15(13-14-11-8-7-9-12-14)17(3,6-2)16(18)19-4/h7-9,11-12,15H,5-6,10,13H2,1-4H3. The molecular weight excluding hydrogens is 236 g/mol. The Bertz CT molecular complexity index is 386. The van der Waals surface area contributed by atoms with E-state index in [1.807, 2.05) is 13.0 Å². The fourth-order valence-corrected chi connectivity index (χ4v) is 2.73. The van der Waals surface area contributed by atoms with Gasteiger partial charge in [-0.3, -0.25) is 4.79 Å². The summed E-state index contributed by atoms with van der Waals surface area (Å²) in [6, 6.07) is 10.4. The van der Waals surface area contributed by atoms with E-state index in [2.05, 4.69) is 38.1 Å². The Morgan fingerprint density at radius 2 is 1.89 bits per heavy atom. The van der Waals surface area contributed by atoms with Crippen molar-refractivity contribution >= 4 is 5.97 Å². The van der Waals surface area contributed by atoms with Crippen molar-refractivity contribution in [1.29, 1.82) is 0 Å². The van der Waals surface area contributed by atoms with Crippen LogP contribution in [0.25, 0.3) is 0 Å². The molecule has 2 unspecified atom stereocenters. The minimum absolute atomic E-state index is 0.0793. The highest BCUT2D eigenvalue weighted by Gasteiger charge is 2.40. The normalized spacial score (nSPS) is 15.6. The Morgan fingerprint density at radius 3 is 2.37 bits per heavy atom. The highest BCUT2D eigenvalue weighted by molar-refractivity contribution is 5.76. The molecule has 2 heteroatoms. The average molecular weight is 262 g/mol. The van der Waals surface area contributed by atoms with E-state index in [0.29, 0.717) is 5.92 Å². The van der Waals surface area contributed by atoms with Gasteiger partial charge in [0.25, 0.3) is 0 Å². The molecule has 0 radical (unpaired) electrons. The quantitative estimate of drug-likeness (QED) is 0.687. The van der Waals surface area contributed by atoms with Gasteiger partial charge in [0, 0.05) is 0 Å². The van der Waals surface area contributed by atoms with Gasteiger partial charge in [-0.2, -0.15) is 0 Å². The Morgan fingerprint density at radius 1 is 1.26 bits per heavy atom. The fourth-order valence-electron chi connectivity index (χ4n) is 2.73. The zero-order valence-electron chi connectivity index (χ0n) is 12.6. The van der Waals surface area contributed by atoms with Crippen molar-refractivity contribution in [2.45, 2.75) is 46.5 Å². The van der Waals surface area contributed by atoms with Crippen LogP contribution in [0.2, 0.25) is 0 Å². The van der Waals surface area contributed by atoms with Gasteiger partial charge in [0.2, 0.25) is 0 Å². The van der Waals surface area contributed by atoms with E-state index in [1.54, 1.807) is 0 Å². The van der Waals surface area contributed by atoms with E-state index in [1.165, 1.54) is 12.7 Å². The summed E-state index contributed by atoms with van der Waals surface area (Å²) < 4.78 is 5.03. The van der Waals surface area contributed by atoms with Crippen LogP contribution in [0.15, 0.2) is 30.3 Å². The molecule has 0 aliphatic heterocycles. The molecule has 0 saturated carbocycles. The number of esters is 1. The number of hydrogen-bond acceptors (Lipinski definition) is 2. The van der Waals surface area contributed by atoms with Crippen molar-refractivity contribution in [2.75, 3.05) is 7.11 Å². The number of rotatable bonds is 7. The van der Waals surface area contributed by atoms with Crippen molar-refractivity contribution < 1.29 is 9.53 Å². The number of methoxy groups -OCH3 is 1. The lowest BCUT2D eigenvalue weighted by Gasteiger charge is -2.34. The van der Waals surface area contributed by atoms with Gasteiger partial charge in [-0.25, -0.2) is 0 Å². The predicted octanol–water partition coefficient (Wildman–Crippen LogP) is 4.23. The number of carbonyl (C=O) groups excluding carboxylic acids is 1. The molecule has 0 fully saturated rings. The number of hydrogen-bond donors (Lipinski definition) is 0. The van der Waals surface area contributed by atoms with Crippen molar-refractivity contribution in [1.82, 2.24) is 0 Å². The molecule has 19 heavy (non-hydrogen) atoms. The maximum Gasteiger partial charge on any atom is 0.311 e. The molecule has 0 aliphatic carbocycles. The maximum atomic E-state index is 12.1. The first-order valence-corrected chi connectivity index (χ1v) is 7.20. The molecule has 1 rings (SSSR count). The van der Waals surface area contributed by atoms with Gasteiger partial charge >= 0.3 is 5.97 Å². The minimum atomic E-state index is -0.388. The molecule has 0 bridgehead atoms. The zero-order chi connectivity index (χ0) is 14.3. The molecule has 2 nitrogen and oxygen atoms in total. The van der Waals surface area contributed by atoms with Crippen LogP contribution in [0.3, 0.4) is 0 Å². The van der Waals surface area contributed by atoms with Crippen molar-refractivity contribution in [3.63, 3.8) is 0 Å². The Balaban J connectivity index is 2.95. The van der Waals surface area contributed by atoms with Crippen LogP contribution in [0, 0.1) is 11.3 Å². The predicted molar refractivity (Wildman–Crippen MR) is 79.0 cm³/mol. The van der Waals surface area contributed by atoms with Gasteiger partial charge in [-0.1, -0.05) is 50.6 Å². The van der Waals surface area contributed by atoms with Crippen molar-refractivity contribution in [3.05, 3.63) is 35.9 Å². The van der Waals surface area contributed by atoms with Crippen LogP contribution in [-0.4, -0.2) is 13.1 Å². The summed E-state index contributed by atoms with van der Waals surface area (Å²) in [5.41, 5.74) is 0.908. The van der Waals surface area contributed by atoms with Crippen LogP contribution in [-0.2, 0) is 16.0 Å². The topological polar surface area (TPSA) is 26.3 Å². The zero-order valence-corrected chi connectivity index (χ0v) is 12.6. The average Bonchev–Trinajstić information content (AvgIpc) is 2.46. The van der Waals surface area contributed by atoms with Gasteiger partial charge < -0.3 is 4.74 Å². The Labute approximate surface area is 117 Å². The summed E-state index contributed by atoms with van der Waals surface area (Å²) in [7, 11) is 1.49. The number of ether oxygens (including phenoxy) is 1. The molecule has 106 valence electrons. The molecule has 0 aliphatic rings. The molecule has 0 heterocycles. The van der Waals surface area contributed by atoms with Crippen molar-refractivity contribution in [2.24, 2.45) is 11.3 Å². The fraction of sp³-hybridized carbons (Fsp3) is 0.588. The second-order valence-corrected chi connectivity index (χ2v) is 5.44. The number of benzene rings is 1. The third-order valence-corrected chi connectivity index (χ3v) is 4.25. The summed E-state index contributed by atoms with van der Waals surface area (Å²) >= 11 is 0. The maximum absolute atomic E-state index is 12.1. The van der Waals surface area contributed by atoms with Gasteiger partial charge in [0.15, 0.2) is 0 Å².